The molecular weight excluding hydrogens is 593 g/mol. The van der Waals surface area contributed by atoms with Crippen molar-refractivity contribution in [3.8, 4) is 21.9 Å². The molecule has 0 saturated heterocycles. The Bertz CT molecular complexity index is 1650. The minimum atomic E-state index is -4.81. The molecule has 0 aliphatic heterocycles. The van der Waals surface area contributed by atoms with Crippen LogP contribution in [0.4, 0.5) is 13.2 Å². The molecule has 0 radical (unpaired) electrons. The van der Waals surface area contributed by atoms with Crippen LogP contribution in [0.15, 0.2) is 71.1 Å². The molecule has 3 amide bonds. The molecule has 1 unspecified atom stereocenters. The molecule has 9 nitrogen and oxygen atoms in total. The van der Waals surface area contributed by atoms with E-state index in [9.17, 15) is 32.7 Å². The number of primary amides is 1. The average molecular weight is 617 g/mol. The van der Waals surface area contributed by atoms with E-state index in [1.807, 2.05) is 0 Å². The molecular formula is C28H23F3N4O5S2. The number of thiophene rings is 2. The molecule has 2 aromatic carbocycles. The molecule has 4 aromatic rings. The van der Waals surface area contributed by atoms with Gasteiger partial charge >= 0.3 is 6.36 Å². The van der Waals surface area contributed by atoms with E-state index in [0.717, 1.165) is 40.4 Å². The van der Waals surface area contributed by atoms with Crippen LogP contribution in [0.5, 0.6) is 11.5 Å². The van der Waals surface area contributed by atoms with Gasteiger partial charge in [-0.05, 0) is 73.5 Å². The lowest BCUT2D eigenvalue weighted by molar-refractivity contribution is -0.274. The van der Waals surface area contributed by atoms with Crippen LogP contribution in [-0.2, 0) is 0 Å². The van der Waals surface area contributed by atoms with E-state index < -0.39 is 18.2 Å². The van der Waals surface area contributed by atoms with E-state index in [4.69, 9.17) is 5.73 Å². The number of nitrogens with two attached hydrogens (primary N) is 1. The average Bonchev–Trinajstić information content (AvgIpc) is 3.59. The Labute approximate surface area is 245 Å². The van der Waals surface area contributed by atoms with E-state index in [-0.39, 0.29) is 34.0 Å². The van der Waals surface area contributed by atoms with Crippen molar-refractivity contribution in [1.82, 2.24) is 10.7 Å². The number of benzene rings is 2. The number of hydrogen-bond donors (Lipinski definition) is 4. The summed E-state index contributed by atoms with van der Waals surface area (Å²) in [5, 5.41) is 19.2. The third-order valence-corrected chi connectivity index (χ3v) is 8.03. The first-order chi connectivity index (χ1) is 19.8. The maximum absolute atomic E-state index is 12.7. The number of aromatic hydroxyl groups is 1. The molecule has 218 valence electrons. The van der Waals surface area contributed by atoms with E-state index >= 15 is 0 Å². The summed E-state index contributed by atoms with van der Waals surface area (Å²) in [6, 6.07) is 14.2. The summed E-state index contributed by atoms with van der Waals surface area (Å²) >= 11 is 2.12. The fourth-order valence-corrected chi connectivity index (χ4v) is 5.55. The maximum atomic E-state index is 12.7. The van der Waals surface area contributed by atoms with Gasteiger partial charge < -0.3 is 20.9 Å². The molecule has 5 N–H and O–H groups in total. The van der Waals surface area contributed by atoms with Crippen molar-refractivity contribution < 1.29 is 37.4 Å². The Morgan fingerprint density at radius 3 is 2.19 bits per heavy atom. The molecule has 14 heteroatoms. The number of amides is 3. The number of nitrogens with one attached hydrogen (secondary N) is 2. The maximum Gasteiger partial charge on any atom is 0.573 e. The first-order valence-corrected chi connectivity index (χ1v) is 13.8. The zero-order valence-corrected chi connectivity index (χ0v) is 23.6. The number of ether oxygens (including phenoxy) is 1. The number of rotatable bonds is 9. The normalized spacial score (nSPS) is 12.5. The van der Waals surface area contributed by atoms with Crippen molar-refractivity contribution in [2.45, 2.75) is 26.3 Å². The number of nitrogens with zero attached hydrogens (tertiary/aromatic N) is 1. The van der Waals surface area contributed by atoms with E-state index in [1.54, 1.807) is 43.5 Å². The molecule has 0 saturated carbocycles. The van der Waals surface area contributed by atoms with Crippen molar-refractivity contribution >= 4 is 46.1 Å². The van der Waals surface area contributed by atoms with Crippen LogP contribution in [0.25, 0.3) is 10.4 Å². The van der Waals surface area contributed by atoms with Crippen LogP contribution in [0.1, 0.15) is 60.7 Å². The van der Waals surface area contributed by atoms with Gasteiger partial charge in [-0.15, -0.1) is 35.8 Å². The second kappa shape index (κ2) is 12.4. The van der Waals surface area contributed by atoms with Gasteiger partial charge in [0.25, 0.3) is 11.8 Å². The zero-order valence-electron chi connectivity index (χ0n) is 22.0. The van der Waals surface area contributed by atoms with Crippen molar-refractivity contribution in [1.29, 1.82) is 0 Å². The molecule has 0 aliphatic rings. The van der Waals surface area contributed by atoms with Gasteiger partial charge in [-0.2, -0.15) is 5.10 Å². The summed E-state index contributed by atoms with van der Waals surface area (Å²) in [5.74, 6) is -2.04. The van der Waals surface area contributed by atoms with Crippen molar-refractivity contribution in [3.05, 3.63) is 92.5 Å². The Morgan fingerprint density at radius 1 is 0.976 bits per heavy atom. The third-order valence-electron chi connectivity index (χ3n) is 5.93. The second-order valence-electron chi connectivity index (χ2n) is 8.88. The minimum absolute atomic E-state index is 0.145. The van der Waals surface area contributed by atoms with Crippen LogP contribution in [0.3, 0.4) is 0 Å². The number of halogens is 3. The molecule has 0 spiro atoms. The van der Waals surface area contributed by atoms with Crippen molar-refractivity contribution in [3.63, 3.8) is 0 Å². The molecule has 1 atom stereocenters. The quantitative estimate of drug-likeness (QED) is 0.138. The lowest BCUT2D eigenvalue weighted by Crippen LogP contribution is -2.26. The van der Waals surface area contributed by atoms with Gasteiger partial charge in [0.2, 0.25) is 5.91 Å². The first kappa shape index (κ1) is 30.3. The van der Waals surface area contributed by atoms with Gasteiger partial charge in [-0.1, -0.05) is 12.1 Å². The summed E-state index contributed by atoms with van der Waals surface area (Å²) in [5.41, 5.74) is 9.84. The highest BCUT2D eigenvalue weighted by molar-refractivity contribution is 7.16. The van der Waals surface area contributed by atoms with Crippen molar-refractivity contribution in [2.24, 2.45) is 10.8 Å². The monoisotopic (exact) mass is 616 g/mol. The SMILES string of the molecule is CC(=NNC(=O)c1ccc(C(=O)NC(C)c2ccc(C(N)=O)cc2)s1)c1csc(-c2ccc(OC(F)(F)F)cc2)c1O. The molecule has 0 bridgehead atoms. The number of hydrazone groups is 1. The predicted octanol–water partition coefficient (Wildman–Crippen LogP) is 5.82. The second-order valence-corrected chi connectivity index (χ2v) is 10.8. The highest BCUT2D eigenvalue weighted by Crippen LogP contribution is 2.39. The Hall–Kier alpha value is -4.69. The topological polar surface area (TPSA) is 143 Å². The molecule has 2 heterocycles. The zero-order chi connectivity index (χ0) is 30.6. The lowest BCUT2D eigenvalue weighted by atomic mass is 10.1. The van der Waals surface area contributed by atoms with Crippen molar-refractivity contribution in [2.75, 3.05) is 0 Å². The highest BCUT2D eigenvalue weighted by atomic mass is 32.1. The lowest BCUT2D eigenvalue weighted by Gasteiger charge is -2.14. The summed E-state index contributed by atoms with van der Waals surface area (Å²) < 4.78 is 41.1. The van der Waals surface area contributed by atoms with Gasteiger partial charge in [-0.25, -0.2) is 5.43 Å². The largest absolute Gasteiger partial charge is 0.573 e. The van der Waals surface area contributed by atoms with E-state index in [0.29, 0.717) is 26.4 Å². The summed E-state index contributed by atoms with van der Waals surface area (Å²) in [7, 11) is 0. The molecule has 42 heavy (non-hydrogen) atoms. The minimum Gasteiger partial charge on any atom is -0.506 e. The first-order valence-electron chi connectivity index (χ1n) is 12.1. The van der Waals surface area contributed by atoms with Crippen LogP contribution in [-0.4, -0.2) is 34.9 Å². The van der Waals surface area contributed by atoms with Crippen LogP contribution in [0, 0.1) is 0 Å². The van der Waals surface area contributed by atoms with E-state index in [2.05, 4.69) is 20.6 Å². The van der Waals surface area contributed by atoms with Gasteiger partial charge in [0, 0.05) is 10.9 Å². The van der Waals surface area contributed by atoms with E-state index in [1.165, 1.54) is 24.3 Å². The Morgan fingerprint density at radius 2 is 1.60 bits per heavy atom. The molecule has 0 fully saturated rings. The number of hydrogen-bond acceptors (Lipinski definition) is 8. The highest BCUT2D eigenvalue weighted by Gasteiger charge is 2.31. The molecule has 0 aliphatic carbocycles. The van der Waals surface area contributed by atoms with Crippen LogP contribution < -0.4 is 21.2 Å². The number of carbonyl (C=O) groups is 3. The van der Waals surface area contributed by atoms with Gasteiger partial charge in [0.05, 0.1) is 31.9 Å². The summed E-state index contributed by atoms with van der Waals surface area (Å²) in [4.78, 5) is 37.5. The Balaban J connectivity index is 1.37. The predicted molar refractivity (Wildman–Crippen MR) is 153 cm³/mol. The smallest absolute Gasteiger partial charge is 0.506 e. The standard InChI is InChI=1S/C28H23F3N4O5S2/c1-14(16-3-5-18(6-4-16)25(32)37)33-26(38)21-11-12-22(42-21)27(39)35-34-15(2)20-13-41-24(23(20)36)17-7-9-19(10-8-17)40-28(29,30)31/h3-14,36H,1-2H3,(H2,32,37)(H,33,38)(H,35,39). The summed E-state index contributed by atoms with van der Waals surface area (Å²) in [6.07, 6.45) is -4.81. The molecule has 2 aromatic heterocycles. The van der Waals surface area contributed by atoms with Crippen LogP contribution >= 0.6 is 22.7 Å². The van der Waals surface area contributed by atoms with Gasteiger partial charge in [0.1, 0.15) is 11.5 Å². The molecule has 4 rings (SSSR count). The third kappa shape index (κ3) is 7.33. The fourth-order valence-electron chi connectivity index (χ4n) is 3.74. The van der Waals surface area contributed by atoms with Gasteiger partial charge in [0.15, 0.2) is 0 Å². The van der Waals surface area contributed by atoms with Gasteiger partial charge in [-0.3, -0.25) is 14.4 Å². The number of carbonyl (C=O) groups excluding carboxylic acids is 3. The Kier molecular flexibility index (Phi) is 8.97. The number of alkyl halides is 3. The van der Waals surface area contributed by atoms with Crippen LogP contribution in [0.2, 0.25) is 0 Å². The fraction of sp³-hybridized carbons (Fsp3) is 0.143. The summed E-state index contributed by atoms with van der Waals surface area (Å²) in [6.45, 7) is 3.34.